The van der Waals surface area contributed by atoms with E-state index in [2.05, 4.69) is 41.1 Å². The second kappa shape index (κ2) is 6.37. The van der Waals surface area contributed by atoms with Crippen LogP contribution in [-0.4, -0.2) is 35.3 Å². The predicted molar refractivity (Wildman–Crippen MR) is 76.4 cm³/mol. The molecular formula is C14H26N4O. The first kappa shape index (κ1) is 14.3. The molecule has 108 valence electrons. The van der Waals surface area contributed by atoms with Crippen molar-refractivity contribution in [3.8, 4) is 0 Å². The third-order valence-corrected chi connectivity index (χ3v) is 3.34. The lowest BCUT2D eigenvalue weighted by Crippen LogP contribution is -2.37. The van der Waals surface area contributed by atoms with Crippen molar-refractivity contribution in [1.29, 1.82) is 0 Å². The molecule has 5 nitrogen and oxygen atoms in total. The molecule has 0 atom stereocenters. The first-order chi connectivity index (χ1) is 9.04. The summed E-state index contributed by atoms with van der Waals surface area (Å²) in [6, 6.07) is 0. The van der Waals surface area contributed by atoms with Gasteiger partial charge in [-0.1, -0.05) is 12.8 Å². The Balaban J connectivity index is 1.84. The Morgan fingerprint density at radius 3 is 2.47 bits per heavy atom. The zero-order chi connectivity index (χ0) is 13.7. The van der Waals surface area contributed by atoms with Gasteiger partial charge in [-0.2, -0.15) is 4.98 Å². The molecule has 1 aromatic heterocycles. The van der Waals surface area contributed by atoms with Crippen LogP contribution in [0.3, 0.4) is 0 Å². The predicted octanol–water partition coefficient (Wildman–Crippen LogP) is 2.38. The maximum Gasteiger partial charge on any atom is 0.266 e. The van der Waals surface area contributed by atoms with Crippen LogP contribution in [0.5, 0.6) is 0 Å². The fourth-order valence-electron chi connectivity index (χ4n) is 2.29. The SMILES string of the molecule is CC(C)(C)NCCc1nc(N2CCCCCC2)no1. The summed E-state index contributed by atoms with van der Waals surface area (Å²) in [6.45, 7) is 9.44. The highest BCUT2D eigenvalue weighted by Gasteiger charge is 2.16. The lowest BCUT2D eigenvalue weighted by Gasteiger charge is -2.19. The Hall–Kier alpha value is -1.10. The van der Waals surface area contributed by atoms with Gasteiger partial charge in [-0.05, 0) is 38.8 Å². The third-order valence-electron chi connectivity index (χ3n) is 3.34. The minimum Gasteiger partial charge on any atom is -0.338 e. The summed E-state index contributed by atoms with van der Waals surface area (Å²) in [6.07, 6.45) is 5.89. The number of anilines is 1. The number of aromatic nitrogens is 2. The van der Waals surface area contributed by atoms with E-state index in [9.17, 15) is 0 Å². The molecule has 1 saturated heterocycles. The molecule has 0 saturated carbocycles. The summed E-state index contributed by atoms with van der Waals surface area (Å²) in [7, 11) is 0. The standard InChI is InChI=1S/C14H26N4O/c1-14(2,3)15-9-8-12-16-13(17-19-12)18-10-6-4-5-7-11-18/h15H,4-11H2,1-3H3. The van der Waals surface area contributed by atoms with E-state index in [0.717, 1.165) is 37.9 Å². The van der Waals surface area contributed by atoms with E-state index in [0.29, 0.717) is 0 Å². The van der Waals surface area contributed by atoms with Crippen molar-refractivity contribution < 1.29 is 4.52 Å². The molecule has 0 spiro atoms. The zero-order valence-corrected chi connectivity index (χ0v) is 12.4. The van der Waals surface area contributed by atoms with Gasteiger partial charge in [0.15, 0.2) is 0 Å². The van der Waals surface area contributed by atoms with Crippen LogP contribution in [-0.2, 0) is 6.42 Å². The summed E-state index contributed by atoms with van der Waals surface area (Å²) >= 11 is 0. The Kier molecular flexibility index (Phi) is 4.80. The fraction of sp³-hybridized carbons (Fsp3) is 0.857. The van der Waals surface area contributed by atoms with Gasteiger partial charge in [-0.15, -0.1) is 0 Å². The van der Waals surface area contributed by atoms with Gasteiger partial charge in [0.25, 0.3) is 5.95 Å². The van der Waals surface area contributed by atoms with Crippen LogP contribution in [0.25, 0.3) is 0 Å². The number of hydrogen-bond donors (Lipinski definition) is 1. The van der Waals surface area contributed by atoms with Gasteiger partial charge in [0, 0.05) is 31.6 Å². The summed E-state index contributed by atoms with van der Waals surface area (Å²) in [4.78, 5) is 6.75. The topological polar surface area (TPSA) is 54.2 Å². The van der Waals surface area contributed by atoms with Crippen molar-refractivity contribution in [3.63, 3.8) is 0 Å². The maximum atomic E-state index is 5.33. The second-order valence-corrected chi connectivity index (χ2v) is 6.32. The summed E-state index contributed by atoms with van der Waals surface area (Å²) in [5.41, 5.74) is 0.133. The normalized spacial score (nSPS) is 17.5. The van der Waals surface area contributed by atoms with E-state index in [1.807, 2.05) is 0 Å². The Labute approximate surface area is 115 Å². The van der Waals surface area contributed by atoms with Gasteiger partial charge in [0.05, 0.1) is 0 Å². The fourth-order valence-corrected chi connectivity index (χ4v) is 2.29. The molecule has 1 aliphatic rings. The summed E-state index contributed by atoms with van der Waals surface area (Å²) in [5, 5.41) is 7.54. The molecule has 5 heteroatoms. The lowest BCUT2D eigenvalue weighted by atomic mass is 10.1. The number of nitrogens with zero attached hydrogens (tertiary/aromatic N) is 3. The molecule has 0 radical (unpaired) electrons. The molecule has 19 heavy (non-hydrogen) atoms. The average molecular weight is 266 g/mol. The molecule has 2 rings (SSSR count). The first-order valence-electron chi connectivity index (χ1n) is 7.37. The van der Waals surface area contributed by atoms with Crippen LogP contribution in [0.15, 0.2) is 4.52 Å². The smallest absolute Gasteiger partial charge is 0.266 e. The maximum absolute atomic E-state index is 5.33. The molecule has 1 aliphatic heterocycles. The van der Waals surface area contributed by atoms with Gasteiger partial charge >= 0.3 is 0 Å². The van der Waals surface area contributed by atoms with Crippen molar-refractivity contribution in [1.82, 2.24) is 15.5 Å². The van der Waals surface area contributed by atoms with Gasteiger partial charge in [-0.25, -0.2) is 0 Å². The van der Waals surface area contributed by atoms with Crippen molar-refractivity contribution in [2.75, 3.05) is 24.5 Å². The van der Waals surface area contributed by atoms with E-state index < -0.39 is 0 Å². The molecule has 1 fully saturated rings. The van der Waals surface area contributed by atoms with Crippen LogP contribution < -0.4 is 10.2 Å². The molecule has 1 aromatic rings. The summed E-state index contributed by atoms with van der Waals surface area (Å²) in [5.74, 6) is 1.50. The number of rotatable bonds is 4. The van der Waals surface area contributed by atoms with Gasteiger partial charge in [0.1, 0.15) is 0 Å². The van der Waals surface area contributed by atoms with E-state index in [-0.39, 0.29) is 5.54 Å². The van der Waals surface area contributed by atoms with Crippen LogP contribution in [0.4, 0.5) is 5.95 Å². The molecule has 2 heterocycles. The third kappa shape index (κ3) is 4.82. The summed E-state index contributed by atoms with van der Waals surface area (Å²) < 4.78 is 5.33. The van der Waals surface area contributed by atoms with Crippen molar-refractivity contribution in [3.05, 3.63) is 5.89 Å². The molecule has 0 aliphatic carbocycles. The van der Waals surface area contributed by atoms with Crippen LogP contribution in [0, 0.1) is 0 Å². The molecule has 1 N–H and O–H groups in total. The quantitative estimate of drug-likeness (QED) is 0.907. The van der Waals surface area contributed by atoms with Gasteiger partial charge in [0.2, 0.25) is 5.89 Å². The molecule has 0 unspecified atom stereocenters. The number of nitrogens with one attached hydrogen (secondary N) is 1. The van der Waals surface area contributed by atoms with E-state index >= 15 is 0 Å². The van der Waals surface area contributed by atoms with Crippen LogP contribution in [0.1, 0.15) is 52.3 Å². The minimum atomic E-state index is 0.133. The molecule has 0 aromatic carbocycles. The van der Waals surface area contributed by atoms with Crippen molar-refractivity contribution >= 4 is 5.95 Å². The first-order valence-corrected chi connectivity index (χ1v) is 7.37. The molecule has 0 bridgehead atoms. The van der Waals surface area contributed by atoms with Gasteiger partial charge in [-0.3, -0.25) is 0 Å². The second-order valence-electron chi connectivity index (χ2n) is 6.32. The lowest BCUT2D eigenvalue weighted by molar-refractivity contribution is 0.361. The highest BCUT2D eigenvalue weighted by molar-refractivity contribution is 5.27. The highest BCUT2D eigenvalue weighted by Crippen LogP contribution is 2.16. The van der Waals surface area contributed by atoms with Crippen molar-refractivity contribution in [2.24, 2.45) is 0 Å². The molecule has 0 amide bonds. The van der Waals surface area contributed by atoms with Crippen LogP contribution in [0.2, 0.25) is 0 Å². The van der Waals surface area contributed by atoms with Gasteiger partial charge < -0.3 is 14.7 Å². The average Bonchev–Trinajstić information content (AvgIpc) is 2.62. The highest BCUT2D eigenvalue weighted by atomic mass is 16.5. The Bertz CT molecular complexity index is 375. The largest absolute Gasteiger partial charge is 0.338 e. The molecular weight excluding hydrogens is 240 g/mol. The minimum absolute atomic E-state index is 0.133. The van der Waals surface area contributed by atoms with E-state index in [1.54, 1.807) is 0 Å². The van der Waals surface area contributed by atoms with Crippen molar-refractivity contribution in [2.45, 2.75) is 58.4 Å². The van der Waals surface area contributed by atoms with E-state index in [1.165, 1.54) is 25.7 Å². The number of hydrogen-bond acceptors (Lipinski definition) is 5. The monoisotopic (exact) mass is 266 g/mol. The Morgan fingerprint density at radius 2 is 1.84 bits per heavy atom. The Morgan fingerprint density at radius 1 is 1.16 bits per heavy atom. The van der Waals surface area contributed by atoms with E-state index in [4.69, 9.17) is 4.52 Å². The zero-order valence-electron chi connectivity index (χ0n) is 12.4. The van der Waals surface area contributed by atoms with Crippen LogP contribution >= 0.6 is 0 Å².